The second kappa shape index (κ2) is 5.70. The van der Waals surface area contributed by atoms with Gasteiger partial charge in [-0.1, -0.05) is 48.0 Å². The van der Waals surface area contributed by atoms with E-state index >= 15 is 0 Å². The highest BCUT2D eigenvalue weighted by Gasteiger charge is 2.34. The van der Waals surface area contributed by atoms with Crippen molar-refractivity contribution in [3.8, 4) is 0 Å². The number of fused-ring (bicyclic) bond motifs is 1. The quantitative estimate of drug-likeness (QED) is 0.936. The molecule has 1 amide bonds. The van der Waals surface area contributed by atoms with Gasteiger partial charge in [0.2, 0.25) is 5.91 Å². The minimum absolute atomic E-state index is 0.0173. The molecule has 108 valence electrons. The van der Waals surface area contributed by atoms with Gasteiger partial charge in [0.25, 0.3) is 0 Å². The van der Waals surface area contributed by atoms with Crippen molar-refractivity contribution in [3.05, 3.63) is 65.2 Å². The van der Waals surface area contributed by atoms with Gasteiger partial charge in [-0.3, -0.25) is 4.79 Å². The summed E-state index contributed by atoms with van der Waals surface area (Å²) >= 11 is 0. The van der Waals surface area contributed by atoms with Crippen LogP contribution in [-0.4, -0.2) is 12.5 Å². The number of amides is 1. The summed E-state index contributed by atoms with van der Waals surface area (Å²) in [6, 6.07) is 15.9. The van der Waals surface area contributed by atoms with Gasteiger partial charge >= 0.3 is 0 Å². The van der Waals surface area contributed by atoms with E-state index in [4.69, 9.17) is 5.73 Å². The molecular formula is C18H20N2O. The highest BCUT2D eigenvalue weighted by atomic mass is 16.2. The normalized spacial score (nSPS) is 17.1. The third-order valence-corrected chi connectivity index (χ3v) is 4.03. The number of hydrogen-bond donors (Lipinski definition) is 1. The molecule has 0 saturated carbocycles. The Morgan fingerprint density at radius 1 is 1.14 bits per heavy atom. The molecule has 2 N–H and O–H groups in total. The van der Waals surface area contributed by atoms with E-state index in [1.165, 1.54) is 5.56 Å². The Bertz CT molecular complexity index is 652. The van der Waals surface area contributed by atoms with Crippen LogP contribution in [0.1, 0.15) is 29.2 Å². The number of benzene rings is 2. The Hall–Kier alpha value is -2.13. The second-order valence-corrected chi connectivity index (χ2v) is 5.62. The van der Waals surface area contributed by atoms with Crippen LogP contribution in [0.4, 0.5) is 5.69 Å². The minimum Gasteiger partial charge on any atom is -0.316 e. The van der Waals surface area contributed by atoms with Crippen LogP contribution >= 0.6 is 0 Å². The molecule has 1 heterocycles. The van der Waals surface area contributed by atoms with E-state index in [1.54, 1.807) is 0 Å². The first kappa shape index (κ1) is 13.8. The number of rotatable bonds is 4. The zero-order valence-corrected chi connectivity index (χ0v) is 12.3. The second-order valence-electron chi connectivity index (χ2n) is 5.62. The molecule has 0 bridgehead atoms. The molecule has 2 aromatic rings. The molecule has 0 fully saturated rings. The Morgan fingerprint density at radius 3 is 2.67 bits per heavy atom. The Morgan fingerprint density at radius 2 is 1.90 bits per heavy atom. The average molecular weight is 280 g/mol. The fourth-order valence-electron chi connectivity index (χ4n) is 2.91. The number of anilines is 1. The van der Waals surface area contributed by atoms with E-state index in [-0.39, 0.29) is 5.91 Å². The van der Waals surface area contributed by atoms with Gasteiger partial charge in [-0.05, 0) is 31.4 Å². The molecule has 1 atom stereocenters. The first-order chi connectivity index (χ1) is 10.2. The fraction of sp³-hybridized carbons (Fsp3) is 0.278. The topological polar surface area (TPSA) is 46.3 Å². The summed E-state index contributed by atoms with van der Waals surface area (Å²) < 4.78 is 0. The van der Waals surface area contributed by atoms with Crippen LogP contribution in [0, 0.1) is 6.92 Å². The smallest absolute Gasteiger partial charge is 0.248 e. The van der Waals surface area contributed by atoms with Crippen molar-refractivity contribution in [1.82, 2.24) is 0 Å². The van der Waals surface area contributed by atoms with Gasteiger partial charge in [0, 0.05) is 17.8 Å². The summed E-state index contributed by atoms with van der Waals surface area (Å²) in [6.45, 7) is 2.74. The lowest BCUT2D eigenvalue weighted by Crippen LogP contribution is -2.32. The maximum atomic E-state index is 12.3. The summed E-state index contributed by atoms with van der Waals surface area (Å²) in [7, 11) is 0. The maximum absolute atomic E-state index is 12.3. The molecule has 2 aromatic carbocycles. The number of nitrogens with zero attached hydrogens (tertiary/aromatic N) is 1. The fourth-order valence-corrected chi connectivity index (χ4v) is 2.91. The largest absolute Gasteiger partial charge is 0.316 e. The number of carbonyl (C=O) groups excluding carboxylic acids is 1. The first-order valence-electron chi connectivity index (χ1n) is 7.38. The standard InChI is InChI=1S/C18H20N2O/c1-13-9-10-16-15(12-13)17(19)18(21)20(16)11-5-8-14-6-3-2-4-7-14/h2-4,6-7,9-10,12,17H,5,8,11,19H2,1H3. The van der Waals surface area contributed by atoms with Crippen molar-refractivity contribution < 1.29 is 4.79 Å². The molecule has 0 aliphatic carbocycles. The lowest BCUT2D eigenvalue weighted by Gasteiger charge is -2.17. The molecule has 0 aromatic heterocycles. The van der Waals surface area contributed by atoms with E-state index in [2.05, 4.69) is 12.1 Å². The molecule has 3 rings (SSSR count). The maximum Gasteiger partial charge on any atom is 0.248 e. The van der Waals surface area contributed by atoms with Gasteiger partial charge in [-0.15, -0.1) is 0 Å². The van der Waals surface area contributed by atoms with Crippen molar-refractivity contribution in [2.45, 2.75) is 25.8 Å². The minimum atomic E-state index is -0.503. The number of carbonyl (C=O) groups is 1. The monoisotopic (exact) mass is 280 g/mol. The van der Waals surface area contributed by atoms with Crippen molar-refractivity contribution in [1.29, 1.82) is 0 Å². The van der Waals surface area contributed by atoms with Gasteiger partial charge in [0.15, 0.2) is 0 Å². The van der Waals surface area contributed by atoms with Crippen molar-refractivity contribution >= 4 is 11.6 Å². The number of nitrogens with two attached hydrogens (primary N) is 1. The zero-order chi connectivity index (χ0) is 14.8. The Kier molecular flexibility index (Phi) is 3.76. The third-order valence-electron chi connectivity index (χ3n) is 4.03. The van der Waals surface area contributed by atoms with E-state index in [0.717, 1.165) is 36.2 Å². The summed E-state index contributed by atoms with van der Waals surface area (Å²) in [5.74, 6) is 0.0173. The molecule has 0 radical (unpaired) electrons. The van der Waals surface area contributed by atoms with Crippen LogP contribution in [0.5, 0.6) is 0 Å². The SMILES string of the molecule is Cc1ccc2c(c1)C(N)C(=O)N2CCCc1ccccc1. The first-order valence-corrected chi connectivity index (χ1v) is 7.38. The number of hydrogen-bond acceptors (Lipinski definition) is 2. The highest BCUT2D eigenvalue weighted by molar-refractivity contribution is 6.04. The summed E-state index contributed by atoms with van der Waals surface area (Å²) in [5, 5.41) is 0. The van der Waals surface area contributed by atoms with Gasteiger partial charge in [0.05, 0.1) is 0 Å². The van der Waals surface area contributed by atoms with E-state index in [0.29, 0.717) is 0 Å². The summed E-state index contributed by atoms with van der Waals surface area (Å²) in [4.78, 5) is 14.2. The van der Waals surface area contributed by atoms with Gasteiger partial charge < -0.3 is 10.6 Å². The number of aryl methyl sites for hydroxylation is 2. The van der Waals surface area contributed by atoms with Gasteiger partial charge in [-0.2, -0.15) is 0 Å². The molecule has 3 nitrogen and oxygen atoms in total. The van der Waals surface area contributed by atoms with Crippen molar-refractivity contribution in [2.24, 2.45) is 5.73 Å². The van der Waals surface area contributed by atoms with E-state index < -0.39 is 6.04 Å². The van der Waals surface area contributed by atoms with Gasteiger partial charge in [0.1, 0.15) is 6.04 Å². The third kappa shape index (κ3) is 2.69. The van der Waals surface area contributed by atoms with Gasteiger partial charge in [-0.25, -0.2) is 0 Å². The molecule has 0 saturated heterocycles. The molecule has 0 spiro atoms. The van der Waals surface area contributed by atoms with Crippen molar-refractivity contribution in [2.75, 3.05) is 11.4 Å². The molecular weight excluding hydrogens is 260 g/mol. The lowest BCUT2D eigenvalue weighted by molar-refractivity contribution is -0.119. The zero-order valence-electron chi connectivity index (χ0n) is 12.3. The van der Waals surface area contributed by atoms with Crippen molar-refractivity contribution in [3.63, 3.8) is 0 Å². The van der Waals surface area contributed by atoms with Crippen LogP contribution in [0.3, 0.4) is 0 Å². The van der Waals surface area contributed by atoms with E-state index in [1.807, 2.05) is 48.2 Å². The highest BCUT2D eigenvalue weighted by Crippen LogP contribution is 2.35. The van der Waals surface area contributed by atoms with Crippen LogP contribution in [0.15, 0.2) is 48.5 Å². The predicted molar refractivity (Wildman–Crippen MR) is 85.2 cm³/mol. The van der Waals surface area contributed by atoms with E-state index in [9.17, 15) is 4.79 Å². The van der Waals surface area contributed by atoms with Crippen LogP contribution in [-0.2, 0) is 11.2 Å². The molecule has 1 unspecified atom stereocenters. The predicted octanol–water partition coefficient (Wildman–Crippen LogP) is 2.97. The average Bonchev–Trinajstić information content (AvgIpc) is 2.73. The van der Waals surface area contributed by atoms with Crippen LogP contribution < -0.4 is 10.6 Å². The summed E-state index contributed by atoms with van der Waals surface area (Å²) in [5.41, 5.74) is 10.4. The molecule has 1 aliphatic rings. The molecule has 3 heteroatoms. The molecule has 21 heavy (non-hydrogen) atoms. The Balaban J connectivity index is 1.70. The summed E-state index contributed by atoms with van der Waals surface area (Å²) in [6.07, 6.45) is 1.91. The van der Waals surface area contributed by atoms with Crippen LogP contribution in [0.2, 0.25) is 0 Å². The lowest BCUT2D eigenvalue weighted by atomic mass is 10.1. The van der Waals surface area contributed by atoms with Crippen LogP contribution in [0.25, 0.3) is 0 Å². The molecule has 1 aliphatic heterocycles. The Labute approximate surface area is 125 Å².